The van der Waals surface area contributed by atoms with Gasteiger partial charge in [0, 0.05) is 24.7 Å². The summed E-state index contributed by atoms with van der Waals surface area (Å²) in [5.41, 5.74) is -2.41. The molecule has 1 aromatic heterocycles. The van der Waals surface area contributed by atoms with Crippen molar-refractivity contribution in [1.82, 2.24) is 10.3 Å². The third-order valence-corrected chi connectivity index (χ3v) is 5.04. The van der Waals surface area contributed by atoms with E-state index in [0.717, 1.165) is 6.07 Å². The highest BCUT2D eigenvalue weighted by atomic mass is 35.5. The molecule has 2 atom stereocenters. The van der Waals surface area contributed by atoms with Crippen molar-refractivity contribution in [2.75, 3.05) is 0 Å². The SMILES string of the molecule is O=C1CCC(O)(C(O)NCc2cccc(C(F)(F)F)c2Cl)c2cccnc21. The van der Waals surface area contributed by atoms with E-state index in [1.807, 2.05) is 0 Å². The van der Waals surface area contributed by atoms with Crippen molar-refractivity contribution in [3.63, 3.8) is 0 Å². The lowest BCUT2D eigenvalue weighted by Crippen LogP contribution is -2.51. The van der Waals surface area contributed by atoms with E-state index in [0.29, 0.717) is 0 Å². The summed E-state index contributed by atoms with van der Waals surface area (Å²) in [6.07, 6.45) is -4.79. The Hall–Kier alpha value is -2.00. The summed E-state index contributed by atoms with van der Waals surface area (Å²) in [6, 6.07) is 6.48. The second-order valence-electron chi connectivity index (χ2n) is 6.31. The first-order valence-corrected chi connectivity index (χ1v) is 8.49. The fourth-order valence-electron chi connectivity index (χ4n) is 3.13. The molecule has 0 saturated carbocycles. The van der Waals surface area contributed by atoms with Crippen LogP contribution >= 0.6 is 11.6 Å². The molecular formula is C18H16ClF3N2O3. The van der Waals surface area contributed by atoms with Crippen molar-refractivity contribution in [3.05, 3.63) is 63.9 Å². The van der Waals surface area contributed by atoms with Gasteiger partial charge in [-0.05, 0) is 24.1 Å². The number of nitrogens with zero attached hydrogens (tertiary/aromatic N) is 1. The van der Waals surface area contributed by atoms with E-state index in [1.165, 1.54) is 30.5 Å². The maximum atomic E-state index is 12.9. The average Bonchev–Trinajstić information content (AvgIpc) is 2.63. The Morgan fingerprint density at radius 2 is 2.04 bits per heavy atom. The van der Waals surface area contributed by atoms with Crippen LogP contribution in [0.2, 0.25) is 5.02 Å². The number of ketones is 1. The molecule has 1 aliphatic rings. The van der Waals surface area contributed by atoms with E-state index >= 15 is 0 Å². The number of aliphatic hydroxyl groups excluding tert-OH is 1. The van der Waals surface area contributed by atoms with Crippen molar-refractivity contribution in [2.24, 2.45) is 0 Å². The summed E-state index contributed by atoms with van der Waals surface area (Å²) in [7, 11) is 0. The first-order chi connectivity index (χ1) is 12.6. The van der Waals surface area contributed by atoms with Gasteiger partial charge in [0.2, 0.25) is 0 Å². The molecule has 2 aromatic rings. The molecule has 1 heterocycles. The molecule has 1 aromatic carbocycles. The van der Waals surface area contributed by atoms with Gasteiger partial charge < -0.3 is 10.2 Å². The molecule has 9 heteroatoms. The Morgan fingerprint density at radius 3 is 2.74 bits per heavy atom. The second-order valence-corrected chi connectivity index (χ2v) is 6.68. The van der Waals surface area contributed by atoms with Crippen LogP contribution in [-0.2, 0) is 18.3 Å². The van der Waals surface area contributed by atoms with Crippen molar-refractivity contribution < 1.29 is 28.2 Å². The number of nitrogens with one attached hydrogen (secondary N) is 1. The summed E-state index contributed by atoms with van der Waals surface area (Å²) < 4.78 is 38.8. The Kier molecular flexibility index (Phi) is 5.27. The topological polar surface area (TPSA) is 82.5 Å². The van der Waals surface area contributed by atoms with E-state index in [9.17, 15) is 28.2 Å². The molecule has 0 aliphatic heterocycles. The molecule has 2 unspecified atom stereocenters. The number of hydrogen-bond acceptors (Lipinski definition) is 5. The molecule has 0 fully saturated rings. The highest BCUT2D eigenvalue weighted by Gasteiger charge is 2.44. The van der Waals surface area contributed by atoms with Gasteiger partial charge in [0.25, 0.3) is 0 Å². The summed E-state index contributed by atoms with van der Waals surface area (Å²) in [4.78, 5) is 15.9. The van der Waals surface area contributed by atoms with Crippen molar-refractivity contribution in [3.8, 4) is 0 Å². The number of benzene rings is 1. The molecule has 0 radical (unpaired) electrons. The highest BCUT2D eigenvalue weighted by Crippen LogP contribution is 2.38. The van der Waals surface area contributed by atoms with Crippen LogP contribution in [0.4, 0.5) is 13.2 Å². The van der Waals surface area contributed by atoms with Gasteiger partial charge in [-0.1, -0.05) is 29.8 Å². The number of halogens is 4. The minimum Gasteiger partial charge on any atom is -0.381 e. The van der Waals surface area contributed by atoms with Gasteiger partial charge in [0.05, 0.1) is 10.6 Å². The van der Waals surface area contributed by atoms with Gasteiger partial charge in [0.15, 0.2) is 5.78 Å². The van der Waals surface area contributed by atoms with Crippen molar-refractivity contribution in [1.29, 1.82) is 0 Å². The van der Waals surface area contributed by atoms with Crippen LogP contribution in [0.1, 0.15) is 40.0 Å². The Balaban J connectivity index is 1.82. The predicted octanol–water partition coefficient (Wildman–Crippen LogP) is 3.03. The molecule has 0 saturated heterocycles. The van der Waals surface area contributed by atoms with E-state index < -0.39 is 28.6 Å². The number of carbonyl (C=O) groups excluding carboxylic acids is 1. The molecule has 0 bridgehead atoms. The summed E-state index contributed by atoms with van der Waals surface area (Å²) >= 11 is 5.84. The third kappa shape index (κ3) is 3.70. The number of aromatic nitrogens is 1. The number of rotatable bonds is 4. The lowest BCUT2D eigenvalue weighted by atomic mass is 9.79. The first-order valence-electron chi connectivity index (χ1n) is 8.11. The number of carbonyl (C=O) groups is 1. The monoisotopic (exact) mass is 400 g/mol. The Bertz CT molecular complexity index is 875. The Morgan fingerprint density at radius 1 is 1.30 bits per heavy atom. The molecule has 27 heavy (non-hydrogen) atoms. The van der Waals surface area contributed by atoms with Crippen molar-refractivity contribution in [2.45, 2.75) is 37.4 Å². The highest BCUT2D eigenvalue weighted by molar-refractivity contribution is 6.32. The largest absolute Gasteiger partial charge is 0.417 e. The zero-order valence-electron chi connectivity index (χ0n) is 13.9. The van der Waals surface area contributed by atoms with E-state index in [2.05, 4.69) is 10.3 Å². The number of pyridine rings is 1. The third-order valence-electron chi connectivity index (χ3n) is 4.59. The normalized spacial score (nSPS) is 21.0. The smallest absolute Gasteiger partial charge is 0.381 e. The minimum absolute atomic E-state index is 0.0103. The maximum absolute atomic E-state index is 12.9. The summed E-state index contributed by atoms with van der Waals surface area (Å²) in [5, 5.41) is 23.5. The molecular weight excluding hydrogens is 385 g/mol. The molecule has 0 amide bonds. The quantitative estimate of drug-likeness (QED) is 0.687. The average molecular weight is 401 g/mol. The number of Topliss-reactive ketones (excluding diaryl/α,β-unsaturated/α-hetero) is 1. The van der Waals surface area contributed by atoms with Gasteiger partial charge in [0.1, 0.15) is 17.5 Å². The number of alkyl halides is 3. The summed E-state index contributed by atoms with van der Waals surface area (Å²) in [6.45, 7) is -0.213. The van der Waals surface area contributed by atoms with Gasteiger partial charge in [-0.3, -0.25) is 15.1 Å². The minimum atomic E-state index is -4.60. The van der Waals surface area contributed by atoms with E-state index in [4.69, 9.17) is 11.6 Å². The van der Waals surface area contributed by atoms with Gasteiger partial charge in [-0.25, -0.2) is 0 Å². The van der Waals surface area contributed by atoms with Gasteiger partial charge in [-0.2, -0.15) is 13.2 Å². The zero-order valence-corrected chi connectivity index (χ0v) is 14.7. The first kappa shape index (κ1) is 19.8. The lowest BCUT2D eigenvalue weighted by Gasteiger charge is -2.37. The molecule has 3 N–H and O–H groups in total. The molecule has 1 aliphatic carbocycles. The number of aliphatic hydroxyl groups is 2. The molecule has 0 spiro atoms. The van der Waals surface area contributed by atoms with Crippen LogP contribution < -0.4 is 5.32 Å². The number of hydrogen-bond donors (Lipinski definition) is 3. The molecule has 5 nitrogen and oxygen atoms in total. The lowest BCUT2D eigenvalue weighted by molar-refractivity contribution is -0.137. The zero-order chi connectivity index (χ0) is 19.8. The summed E-state index contributed by atoms with van der Waals surface area (Å²) in [5.74, 6) is -0.247. The fourth-order valence-corrected chi connectivity index (χ4v) is 3.43. The van der Waals surface area contributed by atoms with Crippen molar-refractivity contribution >= 4 is 17.4 Å². The Labute approximate surface area is 157 Å². The van der Waals surface area contributed by atoms with E-state index in [1.54, 1.807) is 0 Å². The van der Waals surface area contributed by atoms with Crippen LogP contribution in [-0.4, -0.2) is 27.2 Å². The predicted molar refractivity (Wildman–Crippen MR) is 91.0 cm³/mol. The van der Waals surface area contributed by atoms with Crippen LogP contribution in [0.3, 0.4) is 0 Å². The van der Waals surface area contributed by atoms with Crippen LogP contribution in [0.15, 0.2) is 36.5 Å². The van der Waals surface area contributed by atoms with Crippen LogP contribution in [0.25, 0.3) is 0 Å². The van der Waals surface area contributed by atoms with Gasteiger partial charge >= 0.3 is 6.18 Å². The maximum Gasteiger partial charge on any atom is 0.417 e. The standard InChI is InChI=1S/C18H16ClF3N2O3/c19-14-10(3-1-4-11(14)18(20,21)22)9-24-16(26)17(27)7-6-13(25)15-12(17)5-2-8-23-15/h1-5,8,16,24,26-27H,6-7,9H2. The second kappa shape index (κ2) is 7.20. The molecule has 3 rings (SSSR count). The van der Waals surface area contributed by atoms with E-state index in [-0.39, 0.29) is 42.0 Å². The molecule has 144 valence electrons. The fraction of sp³-hybridized carbons (Fsp3) is 0.333. The van der Waals surface area contributed by atoms with Gasteiger partial charge in [-0.15, -0.1) is 0 Å². The number of fused-ring (bicyclic) bond motifs is 1. The van der Waals surface area contributed by atoms with Crippen LogP contribution in [0, 0.1) is 0 Å². The van der Waals surface area contributed by atoms with Crippen LogP contribution in [0.5, 0.6) is 0 Å².